The van der Waals surface area contributed by atoms with Crippen LogP contribution in [-0.4, -0.2) is 37.5 Å². The third-order valence-corrected chi connectivity index (χ3v) is 3.33. The zero-order valence-electron chi connectivity index (χ0n) is 8.74. The number of hydrogen-bond donors (Lipinski definition) is 2. The maximum atomic E-state index is 9.12. The first kappa shape index (κ1) is 10.4. The van der Waals surface area contributed by atoms with Gasteiger partial charge in [0.25, 0.3) is 0 Å². The van der Waals surface area contributed by atoms with Crippen LogP contribution in [0.3, 0.4) is 0 Å². The van der Waals surface area contributed by atoms with Crippen LogP contribution in [0.2, 0.25) is 0 Å². The molecular weight excluding hydrogens is 178 g/mol. The molecular formula is C11H21NO2. The van der Waals surface area contributed by atoms with Gasteiger partial charge in [0.05, 0.1) is 12.7 Å². The first-order valence-electron chi connectivity index (χ1n) is 5.81. The fraction of sp³-hybridized carbons (Fsp3) is 1.00. The Bertz CT molecular complexity index is 163. The number of hydrogen-bond acceptors (Lipinski definition) is 3. The van der Waals surface area contributed by atoms with E-state index < -0.39 is 0 Å². The lowest BCUT2D eigenvalue weighted by molar-refractivity contribution is 0.0368. The van der Waals surface area contributed by atoms with Gasteiger partial charge in [-0.05, 0) is 44.1 Å². The smallest absolute Gasteiger partial charge is 0.0546 e. The van der Waals surface area contributed by atoms with Crippen molar-refractivity contribution in [3.63, 3.8) is 0 Å². The highest BCUT2D eigenvalue weighted by Gasteiger charge is 2.26. The summed E-state index contributed by atoms with van der Waals surface area (Å²) in [4.78, 5) is 0. The lowest BCUT2D eigenvalue weighted by Gasteiger charge is -2.32. The number of rotatable bonds is 4. The van der Waals surface area contributed by atoms with E-state index >= 15 is 0 Å². The van der Waals surface area contributed by atoms with Gasteiger partial charge in [-0.2, -0.15) is 0 Å². The van der Waals surface area contributed by atoms with E-state index in [-0.39, 0.29) is 6.10 Å². The maximum Gasteiger partial charge on any atom is 0.0546 e. The summed E-state index contributed by atoms with van der Waals surface area (Å²) in [5, 5.41) is 12.6. The summed E-state index contributed by atoms with van der Waals surface area (Å²) in [6, 6.07) is 0. The van der Waals surface area contributed by atoms with Crippen LogP contribution in [0.25, 0.3) is 0 Å². The van der Waals surface area contributed by atoms with Crippen molar-refractivity contribution in [2.75, 3.05) is 26.3 Å². The molecule has 1 heterocycles. The zero-order chi connectivity index (χ0) is 9.80. The van der Waals surface area contributed by atoms with Gasteiger partial charge in [-0.25, -0.2) is 0 Å². The minimum absolute atomic E-state index is 0.0141. The van der Waals surface area contributed by atoms with Crippen LogP contribution in [0.4, 0.5) is 0 Å². The van der Waals surface area contributed by atoms with Crippen molar-refractivity contribution < 1.29 is 9.84 Å². The average molecular weight is 199 g/mol. The Morgan fingerprint density at radius 3 is 2.64 bits per heavy atom. The van der Waals surface area contributed by atoms with Crippen LogP contribution in [-0.2, 0) is 4.74 Å². The Morgan fingerprint density at radius 2 is 2.00 bits per heavy atom. The molecule has 3 heteroatoms. The molecule has 1 unspecified atom stereocenters. The Balaban J connectivity index is 1.50. The average Bonchev–Trinajstić information content (AvgIpc) is 2.17. The van der Waals surface area contributed by atoms with Gasteiger partial charge in [-0.1, -0.05) is 0 Å². The van der Waals surface area contributed by atoms with Gasteiger partial charge in [-0.3, -0.25) is 0 Å². The minimum Gasteiger partial charge on any atom is -0.393 e. The lowest BCUT2D eigenvalue weighted by atomic mass is 9.82. The van der Waals surface area contributed by atoms with E-state index in [0.29, 0.717) is 5.92 Å². The molecule has 82 valence electrons. The van der Waals surface area contributed by atoms with Crippen molar-refractivity contribution in [2.45, 2.75) is 31.8 Å². The molecule has 14 heavy (non-hydrogen) atoms. The monoisotopic (exact) mass is 199 g/mol. The van der Waals surface area contributed by atoms with Gasteiger partial charge in [0, 0.05) is 13.2 Å². The summed E-state index contributed by atoms with van der Waals surface area (Å²) in [5.74, 6) is 1.43. The first-order chi connectivity index (χ1) is 6.84. The number of nitrogens with one attached hydrogen (secondary N) is 1. The van der Waals surface area contributed by atoms with Crippen molar-refractivity contribution in [2.24, 2.45) is 11.8 Å². The Kier molecular flexibility index (Phi) is 3.79. The first-order valence-corrected chi connectivity index (χ1v) is 5.81. The molecule has 1 saturated carbocycles. The highest BCUT2D eigenvalue weighted by Crippen LogP contribution is 2.26. The van der Waals surface area contributed by atoms with E-state index in [1.807, 2.05) is 0 Å². The van der Waals surface area contributed by atoms with Gasteiger partial charge >= 0.3 is 0 Å². The topological polar surface area (TPSA) is 41.5 Å². The van der Waals surface area contributed by atoms with E-state index in [1.54, 1.807) is 0 Å². The molecule has 2 rings (SSSR count). The predicted octanol–water partition coefficient (Wildman–Crippen LogP) is 0.773. The van der Waals surface area contributed by atoms with Crippen molar-refractivity contribution in [1.29, 1.82) is 0 Å². The Morgan fingerprint density at radius 1 is 1.21 bits per heavy atom. The van der Waals surface area contributed by atoms with E-state index in [0.717, 1.165) is 45.1 Å². The molecule has 0 radical (unpaired) electrons. The molecule has 2 fully saturated rings. The lowest BCUT2D eigenvalue weighted by Crippen LogP contribution is -2.38. The normalized spacial score (nSPS) is 37.9. The Labute approximate surface area is 85.8 Å². The summed E-state index contributed by atoms with van der Waals surface area (Å²) in [6.07, 6.45) is 4.50. The van der Waals surface area contributed by atoms with E-state index in [1.165, 1.54) is 12.8 Å². The molecule has 1 atom stereocenters. The van der Waals surface area contributed by atoms with Crippen LogP contribution >= 0.6 is 0 Å². The molecule has 2 aliphatic rings. The van der Waals surface area contributed by atoms with Gasteiger partial charge in [0.2, 0.25) is 0 Å². The molecule has 0 aromatic carbocycles. The zero-order valence-corrected chi connectivity index (χ0v) is 8.74. The van der Waals surface area contributed by atoms with Gasteiger partial charge in [0.15, 0.2) is 0 Å². The summed E-state index contributed by atoms with van der Waals surface area (Å²) >= 11 is 0. The van der Waals surface area contributed by atoms with Crippen LogP contribution in [0, 0.1) is 11.8 Å². The molecule has 2 N–H and O–H groups in total. The number of aliphatic hydroxyl groups excluding tert-OH is 1. The molecule has 1 aliphatic carbocycles. The molecule has 1 saturated heterocycles. The van der Waals surface area contributed by atoms with Gasteiger partial charge in [-0.15, -0.1) is 0 Å². The third-order valence-electron chi connectivity index (χ3n) is 3.33. The summed E-state index contributed by atoms with van der Waals surface area (Å²) in [5.41, 5.74) is 0. The van der Waals surface area contributed by atoms with Crippen molar-refractivity contribution in [3.05, 3.63) is 0 Å². The van der Waals surface area contributed by atoms with Crippen LogP contribution in [0.1, 0.15) is 25.7 Å². The molecule has 0 spiro atoms. The Hall–Kier alpha value is -0.120. The predicted molar refractivity (Wildman–Crippen MR) is 55.1 cm³/mol. The standard InChI is InChI=1S/C11H21NO2/c13-11-4-10(5-11)7-12-6-9-2-1-3-14-8-9/h9-13H,1-8H2. The fourth-order valence-corrected chi connectivity index (χ4v) is 2.33. The summed E-state index contributed by atoms with van der Waals surface area (Å²) < 4.78 is 5.42. The number of aliphatic hydroxyl groups is 1. The quantitative estimate of drug-likeness (QED) is 0.703. The fourth-order valence-electron chi connectivity index (χ4n) is 2.33. The maximum absolute atomic E-state index is 9.12. The van der Waals surface area contributed by atoms with Crippen molar-refractivity contribution in [1.82, 2.24) is 5.32 Å². The largest absolute Gasteiger partial charge is 0.393 e. The van der Waals surface area contributed by atoms with E-state index in [9.17, 15) is 0 Å². The minimum atomic E-state index is -0.0141. The highest BCUT2D eigenvalue weighted by molar-refractivity contribution is 4.80. The van der Waals surface area contributed by atoms with Crippen LogP contribution in [0.15, 0.2) is 0 Å². The summed E-state index contributed by atoms with van der Waals surface area (Å²) in [7, 11) is 0. The highest BCUT2D eigenvalue weighted by atomic mass is 16.5. The second-order valence-corrected chi connectivity index (χ2v) is 4.73. The van der Waals surface area contributed by atoms with E-state index in [4.69, 9.17) is 9.84 Å². The summed E-state index contributed by atoms with van der Waals surface area (Å²) in [6.45, 7) is 4.05. The van der Waals surface area contributed by atoms with E-state index in [2.05, 4.69) is 5.32 Å². The molecule has 0 aromatic rings. The molecule has 0 aromatic heterocycles. The molecule has 3 nitrogen and oxygen atoms in total. The van der Waals surface area contributed by atoms with Gasteiger partial charge in [0.1, 0.15) is 0 Å². The van der Waals surface area contributed by atoms with Crippen LogP contribution < -0.4 is 5.32 Å². The second kappa shape index (κ2) is 5.10. The second-order valence-electron chi connectivity index (χ2n) is 4.73. The van der Waals surface area contributed by atoms with Crippen LogP contribution in [0.5, 0.6) is 0 Å². The van der Waals surface area contributed by atoms with Gasteiger partial charge < -0.3 is 15.2 Å². The molecule has 1 aliphatic heterocycles. The van der Waals surface area contributed by atoms with Crippen molar-refractivity contribution in [3.8, 4) is 0 Å². The molecule has 0 bridgehead atoms. The number of ether oxygens (including phenoxy) is 1. The third kappa shape index (κ3) is 2.94. The SMILES string of the molecule is OC1CC(CNCC2CCCOC2)C1. The van der Waals surface area contributed by atoms with Crippen molar-refractivity contribution >= 4 is 0 Å². The molecule has 0 amide bonds.